The Morgan fingerprint density at radius 1 is 1.00 bits per heavy atom. The highest BCUT2D eigenvalue weighted by Crippen LogP contribution is 2.30. The van der Waals surface area contributed by atoms with Gasteiger partial charge < -0.3 is 4.57 Å². The van der Waals surface area contributed by atoms with Crippen molar-refractivity contribution in [3.8, 4) is 0 Å². The largest absolute Gasteiger partial charge is 0.342 e. The summed E-state index contributed by atoms with van der Waals surface area (Å²) in [6.45, 7) is 4.39. The smallest absolute Gasteiger partial charge is 0.270 e. The summed E-state index contributed by atoms with van der Waals surface area (Å²) in [6.07, 6.45) is 3.54. The second-order valence-corrected chi connectivity index (χ2v) is 9.94. The first-order chi connectivity index (χ1) is 17.2. The van der Waals surface area contributed by atoms with Crippen LogP contribution in [0.3, 0.4) is 0 Å². The highest BCUT2D eigenvalue weighted by atomic mass is 35.5. The van der Waals surface area contributed by atoms with Gasteiger partial charge in [-0.1, -0.05) is 65.2 Å². The van der Waals surface area contributed by atoms with Gasteiger partial charge in [0.25, 0.3) is 11.8 Å². The van der Waals surface area contributed by atoms with Crippen LogP contribution in [0.25, 0.3) is 17.0 Å². The molecule has 0 spiro atoms. The van der Waals surface area contributed by atoms with Crippen molar-refractivity contribution in [2.24, 2.45) is 0 Å². The summed E-state index contributed by atoms with van der Waals surface area (Å²) in [5.74, 6) is -0.989. The lowest BCUT2D eigenvalue weighted by Crippen LogP contribution is -2.54. The normalized spacial score (nSPS) is 15.2. The highest BCUT2D eigenvalue weighted by molar-refractivity contribution is 7.80. The molecule has 180 valence electrons. The van der Waals surface area contributed by atoms with Gasteiger partial charge in [-0.25, -0.2) is 0 Å². The van der Waals surface area contributed by atoms with Crippen LogP contribution in [-0.4, -0.2) is 21.5 Å². The molecule has 0 atom stereocenters. The van der Waals surface area contributed by atoms with Gasteiger partial charge in [0.1, 0.15) is 5.57 Å². The van der Waals surface area contributed by atoms with Crippen LogP contribution >= 0.6 is 35.4 Å². The number of carbonyl (C=O) groups is 2. The molecule has 1 N–H and O–H groups in total. The van der Waals surface area contributed by atoms with Gasteiger partial charge in [-0.3, -0.25) is 19.8 Å². The van der Waals surface area contributed by atoms with E-state index in [2.05, 4.69) is 5.32 Å². The Morgan fingerprint density at radius 2 is 1.78 bits per heavy atom. The molecule has 5 rings (SSSR count). The molecule has 1 aliphatic heterocycles. The number of anilines is 1. The monoisotopic (exact) mass is 533 g/mol. The zero-order valence-corrected chi connectivity index (χ0v) is 21.8. The number of carbonyl (C=O) groups excluding carboxylic acids is 2. The Morgan fingerprint density at radius 3 is 2.53 bits per heavy atom. The summed E-state index contributed by atoms with van der Waals surface area (Å²) in [5, 5.41) is 4.78. The van der Waals surface area contributed by atoms with Crippen molar-refractivity contribution in [2.75, 3.05) is 4.90 Å². The lowest BCUT2D eigenvalue weighted by molar-refractivity contribution is -0.122. The van der Waals surface area contributed by atoms with Crippen LogP contribution in [0.4, 0.5) is 5.69 Å². The van der Waals surface area contributed by atoms with Crippen LogP contribution < -0.4 is 10.2 Å². The molecule has 8 heteroatoms. The van der Waals surface area contributed by atoms with Gasteiger partial charge in [0.05, 0.1) is 5.69 Å². The highest BCUT2D eigenvalue weighted by Gasteiger charge is 2.35. The molecule has 3 aromatic carbocycles. The number of aryl methyl sites for hydroxylation is 2. The van der Waals surface area contributed by atoms with Crippen molar-refractivity contribution in [1.29, 1.82) is 0 Å². The van der Waals surface area contributed by atoms with Crippen LogP contribution in [-0.2, 0) is 16.1 Å². The molecule has 0 aliphatic carbocycles. The Bertz CT molecular complexity index is 1610. The molecule has 1 fully saturated rings. The summed E-state index contributed by atoms with van der Waals surface area (Å²) in [4.78, 5) is 27.8. The second kappa shape index (κ2) is 9.54. The SMILES string of the molecule is Cc1ccc(N2C(=O)/C(=C/c3cn(Cc4ccc(Cl)cc4Cl)c4ccccc34)C(=O)NC2=S)c(C)c1. The van der Waals surface area contributed by atoms with Gasteiger partial charge >= 0.3 is 0 Å². The molecule has 4 aromatic rings. The predicted octanol–water partition coefficient (Wildman–Crippen LogP) is 6.44. The summed E-state index contributed by atoms with van der Waals surface area (Å²) in [6, 6.07) is 18.9. The van der Waals surface area contributed by atoms with E-state index in [4.69, 9.17) is 35.4 Å². The van der Waals surface area contributed by atoms with E-state index in [0.717, 1.165) is 33.2 Å². The molecule has 2 amide bonds. The van der Waals surface area contributed by atoms with Gasteiger partial charge in [-0.2, -0.15) is 0 Å². The van der Waals surface area contributed by atoms with Crippen LogP contribution in [0.2, 0.25) is 10.0 Å². The standard InChI is InChI=1S/C28H21Cl2N3O2S/c1-16-7-10-24(17(2)11-16)33-27(35)22(26(34)31-28(33)36)12-19-15-32(25-6-4-3-5-21(19)25)14-18-8-9-20(29)13-23(18)30/h3-13,15H,14H2,1-2H3,(H,31,34,36)/b22-12+. The zero-order valence-electron chi connectivity index (χ0n) is 19.5. The van der Waals surface area contributed by atoms with Crippen molar-refractivity contribution in [3.05, 3.63) is 105 Å². The minimum Gasteiger partial charge on any atom is -0.342 e. The van der Waals surface area contributed by atoms with Gasteiger partial charge in [-0.05, 0) is 67.5 Å². The number of aromatic nitrogens is 1. The van der Waals surface area contributed by atoms with Crippen molar-refractivity contribution >= 4 is 75.0 Å². The number of nitrogens with zero attached hydrogens (tertiary/aromatic N) is 2. The van der Waals surface area contributed by atoms with Crippen LogP contribution in [0.1, 0.15) is 22.3 Å². The molecule has 0 bridgehead atoms. The second-order valence-electron chi connectivity index (χ2n) is 8.71. The molecule has 1 aliphatic rings. The van der Waals surface area contributed by atoms with E-state index in [1.807, 2.05) is 73.1 Å². The number of hydrogen-bond donors (Lipinski definition) is 1. The Labute approximate surface area is 223 Å². The Balaban J connectivity index is 1.58. The van der Waals surface area contributed by atoms with Gasteiger partial charge in [0, 0.05) is 39.3 Å². The molecule has 0 radical (unpaired) electrons. The van der Waals surface area contributed by atoms with Gasteiger partial charge in [0.15, 0.2) is 5.11 Å². The van der Waals surface area contributed by atoms with Crippen LogP contribution in [0.15, 0.2) is 72.4 Å². The minimum absolute atomic E-state index is 0.0102. The zero-order chi connectivity index (χ0) is 25.6. The van der Waals surface area contributed by atoms with E-state index in [0.29, 0.717) is 22.3 Å². The molecule has 1 aromatic heterocycles. The third-order valence-corrected chi connectivity index (χ3v) is 7.04. The first-order valence-electron chi connectivity index (χ1n) is 11.2. The van der Waals surface area contributed by atoms with E-state index >= 15 is 0 Å². The summed E-state index contributed by atoms with van der Waals surface area (Å²) in [7, 11) is 0. The summed E-state index contributed by atoms with van der Waals surface area (Å²) in [5.41, 5.74) is 5.19. The number of benzene rings is 3. The fraction of sp³-hybridized carbons (Fsp3) is 0.107. The number of amides is 2. The van der Waals surface area contributed by atoms with Gasteiger partial charge in [-0.15, -0.1) is 0 Å². The van der Waals surface area contributed by atoms with Crippen molar-refractivity contribution in [1.82, 2.24) is 9.88 Å². The number of hydrogen-bond acceptors (Lipinski definition) is 3. The summed E-state index contributed by atoms with van der Waals surface area (Å²) < 4.78 is 2.04. The predicted molar refractivity (Wildman–Crippen MR) is 150 cm³/mol. The molecular weight excluding hydrogens is 513 g/mol. The topological polar surface area (TPSA) is 54.3 Å². The third-order valence-electron chi connectivity index (χ3n) is 6.17. The Hall–Kier alpha value is -3.45. The fourth-order valence-corrected chi connectivity index (χ4v) is 5.18. The summed E-state index contributed by atoms with van der Waals surface area (Å²) >= 11 is 17.8. The van der Waals surface area contributed by atoms with Crippen molar-refractivity contribution in [3.63, 3.8) is 0 Å². The van der Waals surface area contributed by atoms with E-state index in [1.165, 1.54) is 4.90 Å². The lowest BCUT2D eigenvalue weighted by atomic mass is 10.0. The maximum absolute atomic E-state index is 13.6. The molecule has 36 heavy (non-hydrogen) atoms. The molecule has 1 saturated heterocycles. The van der Waals surface area contributed by atoms with E-state index in [1.54, 1.807) is 18.2 Å². The lowest BCUT2D eigenvalue weighted by Gasteiger charge is -2.30. The van der Waals surface area contributed by atoms with E-state index < -0.39 is 11.8 Å². The number of fused-ring (bicyclic) bond motifs is 1. The van der Waals surface area contributed by atoms with Crippen LogP contribution in [0, 0.1) is 13.8 Å². The number of para-hydroxylation sites is 1. The quantitative estimate of drug-likeness (QED) is 0.186. The fourth-order valence-electron chi connectivity index (χ4n) is 4.44. The van der Waals surface area contributed by atoms with Crippen LogP contribution in [0.5, 0.6) is 0 Å². The maximum Gasteiger partial charge on any atom is 0.270 e. The molecule has 2 heterocycles. The average Bonchev–Trinajstić information content (AvgIpc) is 3.17. The minimum atomic E-state index is -0.524. The maximum atomic E-state index is 13.6. The van der Waals surface area contributed by atoms with Crippen molar-refractivity contribution in [2.45, 2.75) is 20.4 Å². The molecule has 5 nitrogen and oxygen atoms in total. The Kier molecular flexibility index (Phi) is 6.43. The first kappa shape index (κ1) is 24.3. The van der Waals surface area contributed by atoms with E-state index in [9.17, 15) is 9.59 Å². The van der Waals surface area contributed by atoms with E-state index in [-0.39, 0.29) is 10.7 Å². The average molecular weight is 534 g/mol. The van der Waals surface area contributed by atoms with Gasteiger partial charge in [0.2, 0.25) is 0 Å². The first-order valence-corrected chi connectivity index (χ1v) is 12.4. The molecule has 0 saturated carbocycles. The number of nitrogens with one attached hydrogen (secondary N) is 1. The third kappa shape index (κ3) is 4.44. The molecule has 0 unspecified atom stereocenters. The number of thiocarbonyl (C=S) groups is 1. The molecular formula is C28H21Cl2N3O2S. The van der Waals surface area contributed by atoms with Crippen molar-refractivity contribution < 1.29 is 9.59 Å². The number of rotatable bonds is 4. The number of halogens is 2.